The van der Waals surface area contributed by atoms with Gasteiger partial charge in [0.2, 0.25) is 5.88 Å². The van der Waals surface area contributed by atoms with E-state index in [1.165, 1.54) is 5.56 Å². The number of aromatic nitrogens is 3. The van der Waals surface area contributed by atoms with E-state index in [1.54, 1.807) is 7.11 Å². The van der Waals surface area contributed by atoms with Gasteiger partial charge in [-0.05, 0) is 76.1 Å². The van der Waals surface area contributed by atoms with Crippen LogP contribution in [0.5, 0.6) is 5.88 Å². The first-order valence-corrected chi connectivity index (χ1v) is 17.0. The standard InChI is InChI=1S/C35H44N8O4/c1-21(31-26(44-3)10-14-42(31)2)46-28-16-27(43-15-13-38-34(18-43)19-45-20-34)39-33(40-28)30-23-7-5-12-35(32(23)47-41-30)11-4-6-22-8-9-25(37)24(17-36)29(22)35/h8-9,16,21,26,31,38H,4-7,10-15,18-20,37H2,1-3H3. The Morgan fingerprint density at radius 3 is 2.77 bits per heavy atom. The average Bonchev–Trinajstić information content (AvgIpc) is 3.68. The largest absolute Gasteiger partial charge is 0.473 e. The van der Waals surface area contributed by atoms with E-state index >= 15 is 0 Å². The van der Waals surface area contributed by atoms with Gasteiger partial charge in [-0.15, -0.1) is 0 Å². The first-order valence-electron chi connectivity index (χ1n) is 17.0. The molecule has 3 N–H and O–H groups in total. The van der Waals surface area contributed by atoms with Crippen molar-refractivity contribution in [2.75, 3.05) is 64.2 Å². The van der Waals surface area contributed by atoms with Crippen LogP contribution in [0.2, 0.25) is 0 Å². The SMILES string of the molecule is COC1CCN(C)C1C(C)Oc1cc(N2CCNC3(COC3)C2)nc(-c2noc3c2CCCC32CCCc3ccc(N)c(C#N)c32)n1. The maximum atomic E-state index is 10.2. The summed E-state index contributed by atoms with van der Waals surface area (Å²) in [6.07, 6.45) is 6.31. The van der Waals surface area contributed by atoms with Crippen LogP contribution in [0.15, 0.2) is 22.7 Å². The number of likely N-dealkylation sites (tertiary alicyclic amines) is 1. The van der Waals surface area contributed by atoms with Gasteiger partial charge in [0.1, 0.15) is 18.0 Å². The Morgan fingerprint density at radius 2 is 2.00 bits per heavy atom. The number of nitriles is 1. The molecule has 8 rings (SSSR count). The van der Waals surface area contributed by atoms with Gasteiger partial charge < -0.3 is 34.7 Å². The number of anilines is 2. The lowest BCUT2D eigenvalue weighted by Gasteiger charge is -2.49. The minimum absolute atomic E-state index is 0.0655. The van der Waals surface area contributed by atoms with Gasteiger partial charge >= 0.3 is 0 Å². The molecule has 1 aromatic carbocycles. The van der Waals surface area contributed by atoms with Gasteiger partial charge in [-0.3, -0.25) is 4.90 Å². The molecule has 12 heteroatoms. The van der Waals surface area contributed by atoms with E-state index in [-0.39, 0.29) is 23.8 Å². The highest BCUT2D eigenvalue weighted by molar-refractivity contribution is 5.67. The Bertz CT molecular complexity index is 1710. The molecule has 248 valence electrons. The average molecular weight is 641 g/mol. The van der Waals surface area contributed by atoms with Crippen molar-refractivity contribution in [2.45, 2.75) is 81.1 Å². The number of ether oxygens (including phenoxy) is 3. The molecular formula is C35H44N8O4. The van der Waals surface area contributed by atoms with Crippen molar-refractivity contribution in [2.24, 2.45) is 0 Å². The van der Waals surface area contributed by atoms with E-state index in [2.05, 4.69) is 41.2 Å². The molecule has 2 aromatic heterocycles. The van der Waals surface area contributed by atoms with Crippen LogP contribution in [-0.4, -0.2) is 97.4 Å². The number of hydrogen-bond acceptors (Lipinski definition) is 12. The molecule has 0 saturated carbocycles. The summed E-state index contributed by atoms with van der Waals surface area (Å²) in [4.78, 5) is 14.8. The minimum Gasteiger partial charge on any atom is -0.473 e. The molecule has 3 fully saturated rings. The third-order valence-corrected chi connectivity index (χ3v) is 11.3. The smallest absolute Gasteiger partial charge is 0.219 e. The number of piperazine rings is 1. The fraction of sp³-hybridized carbons (Fsp3) is 0.600. The van der Waals surface area contributed by atoms with E-state index in [9.17, 15) is 5.26 Å². The minimum atomic E-state index is -0.449. The van der Waals surface area contributed by atoms with E-state index in [0.29, 0.717) is 41.9 Å². The van der Waals surface area contributed by atoms with E-state index < -0.39 is 5.41 Å². The lowest BCUT2D eigenvalue weighted by molar-refractivity contribution is -0.0743. The number of benzene rings is 1. The molecule has 47 heavy (non-hydrogen) atoms. The van der Waals surface area contributed by atoms with Crippen LogP contribution in [0, 0.1) is 11.3 Å². The van der Waals surface area contributed by atoms with Crippen molar-refractivity contribution < 1.29 is 18.7 Å². The fourth-order valence-electron chi connectivity index (χ4n) is 9.04. The third kappa shape index (κ3) is 4.98. The number of likely N-dealkylation sites (N-methyl/N-ethyl adjacent to an activating group) is 1. The fourth-order valence-corrected chi connectivity index (χ4v) is 9.04. The number of hydrogen-bond donors (Lipinski definition) is 2. The van der Waals surface area contributed by atoms with Gasteiger partial charge in [0.25, 0.3) is 0 Å². The zero-order valence-corrected chi connectivity index (χ0v) is 27.6. The molecule has 5 heterocycles. The van der Waals surface area contributed by atoms with Crippen LogP contribution in [0.3, 0.4) is 0 Å². The van der Waals surface area contributed by atoms with Crippen molar-refractivity contribution in [3.05, 3.63) is 46.2 Å². The Morgan fingerprint density at radius 1 is 1.17 bits per heavy atom. The number of nitrogen functional groups attached to an aromatic ring is 1. The monoisotopic (exact) mass is 640 g/mol. The Labute approximate surface area is 275 Å². The molecule has 3 aromatic rings. The van der Waals surface area contributed by atoms with Gasteiger partial charge in [-0.25, -0.2) is 4.98 Å². The lowest BCUT2D eigenvalue weighted by Crippen LogP contribution is -2.70. The summed E-state index contributed by atoms with van der Waals surface area (Å²) < 4.78 is 24.4. The summed E-state index contributed by atoms with van der Waals surface area (Å²) in [5.74, 6) is 2.64. The molecule has 12 nitrogen and oxygen atoms in total. The van der Waals surface area contributed by atoms with Crippen molar-refractivity contribution in [3.63, 3.8) is 0 Å². The van der Waals surface area contributed by atoms with Gasteiger partial charge in [-0.2, -0.15) is 10.2 Å². The number of nitrogens with one attached hydrogen (secondary N) is 1. The zero-order valence-electron chi connectivity index (χ0n) is 27.6. The van der Waals surface area contributed by atoms with Gasteiger partial charge in [0.05, 0.1) is 41.9 Å². The lowest BCUT2D eigenvalue weighted by atomic mass is 9.61. The molecule has 0 bridgehead atoms. The van der Waals surface area contributed by atoms with Crippen LogP contribution < -0.4 is 20.7 Å². The molecule has 5 aliphatic rings. The third-order valence-electron chi connectivity index (χ3n) is 11.3. The van der Waals surface area contributed by atoms with Crippen LogP contribution >= 0.6 is 0 Å². The summed E-state index contributed by atoms with van der Waals surface area (Å²) in [6.45, 7) is 6.84. The topological polar surface area (TPSA) is 148 Å². The highest BCUT2D eigenvalue weighted by atomic mass is 16.5. The highest BCUT2D eigenvalue weighted by Gasteiger charge is 2.48. The summed E-state index contributed by atoms with van der Waals surface area (Å²) in [5, 5.41) is 18.6. The number of nitrogens with zero attached hydrogens (tertiary/aromatic N) is 6. The highest BCUT2D eigenvalue weighted by Crippen LogP contribution is 2.53. The number of fused-ring (bicyclic) bond motifs is 4. The normalized spacial score (nSPS) is 27.2. The second-order valence-electron chi connectivity index (χ2n) is 14.2. The van der Waals surface area contributed by atoms with Crippen LogP contribution in [-0.2, 0) is 27.7 Å². The summed E-state index contributed by atoms with van der Waals surface area (Å²) >= 11 is 0. The number of rotatable bonds is 6. The van der Waals surface area contributed by atoms with Gasteiger partial charge in [-0.1, -0.05) is 11.2 Å². The second kappa shape index (κ2) is 11.7. The quantitative estimate of drug-likeness (QED) is 0.381. The van der Waals surface area contributed by atoms with Crippen LogP contribution in [0.1, 0.15) is 67.0 Å². The molecule has 0 radical (unpaired) electrons. The molecule has 0 amide bonds. The number of methoxy groups -OCH3 is 1. The Balaban J connectivity index is 1.21. The predicted octanol–water partition coefficient (Wildman–Crippen LogP) is 3.21. The first-order chi connectivity index (χ1) is 22.8. The first kappa shape index (κ1) is 30.6. The van der Waals surface area contributed by atoms with Crippen molar-refractivity contribution in [1.29, 1.82) is 5.26 Å². The maximum absolute atomic E-state index is 10.2. The van der Waals surface area contributed by atoms with Crippen molar-refractivity contribution >= 4 is 11.5 Å². The summed E-state index contributed by atoms with van der Waals surface area (Å²) in [7, 11) is 3.89. The van der Waals surface area contributed by atoms with Gasteiger partial charge in [0.15, 0.2) is 17.3 Å². The molecule has 3 aliphatic heterocycles. The number of nitrogens with two attached hydrogens (primary N) is 1. The van der Waals surface area contributed by atoms with E-state index in [1.807, 2.05) is 12.1 Å². The van der Waals surface area contributed by atoms with E-state index in [4.69, 9.17) is 39.6 Å². The Hall–Kier alpha value is -3.76. The van der Waals surface area contributed by atoms with Crippen molar-refractivity contribution in [3.8, 4) is 23.5 Å². The van der Waals surface area contributed by atoms with Crippen LogP contribution in [0.25, 0.3) is 11.5 Å². The van der Waals surface area contributed by atoms with Gasteiger partial charge in [0, 0.05) is 50.6 Å². The zero-order chi connectivity index (χ0) is 32.3. The second-order valence-corrected chi connectivity index (χ2v) is 14.2. The Kier molecular flexibility index (Phi) is 7.63. The molecule has 4 unspecified atom stereocenters. The summed E-state index contributed by atoms with van der Waals surface area (Å²) in [5.41, 5.74) is 10.8. The predicted molar refractivity (Wildman–Crippen MR) is 175 cm³/mol. The molecule has 3 saturated heterocycles. The molecule has 2 aliphatic carbocycles. The van der Waals surface area contributed by atoms with E-state index in [0.717, 1.165) is 93.8 Å². The molecular weight excluding hydrogens is 596 g/mol. The summed E-state index contributed by atoms with van der Waals surface area (Å²) in [6, 6.07) is 8.43. The van der Waals surface area contributed by atoms with Crippen molar-refractivity contribution in [1.82, 2.24) is 25.3 Å². The van der Waals surface area contributed by atoms with Crippen LogP contribution in [0.4, 0.5) is 11.5 Å². The molecule has 4 atom stereocenters. The number of aryl methyl sites for hydroxylation is 1. The molecule has 2 spiro atoms. The maximum Gasteiger partial charge on any atom is 0.219 e.